The monoisotopic (exact) mass is 465 g/mol. The molecular weight excluding hydrogens is 450 g/mol. The Morgan fingerprint density at radius 3 is 2.90 bits per heavy atom. The van der Waals surface area contributed by atoms with Gasteiger partial charge in [0, 0.05) is 32.9 Å². The first kappa shape index (κ1) is 18.6. The van der Waals surface area contributed by atoms with Gasteiger partial charge in [0.25, 0.3) is 0 Å². The minimum absolute atomic E-state index is 0.0403. The third-order valence-electron chi connectivity index (χ3n) is 5.42. The van der Waals surface area contributed by atoms with Gasteiger partial charge >= 0.3 is 5.97 Å². The van der Waals surface area contributed by atoms with Gasteiger partial charge in [-0.15, -0.1) is 0 Å². The van der Waals surface area contributed by atoms with Crippen LogP contribution in [0.2, 0.25) is 0 Å². The molecule has 3 aromatic rings. The molecule has 2 aliphatic rings. The molecule has 1 aromatic heterocycles. The Kier molecular flexibility index (Phi) is 4.08. The second-order valence-corrected chi connectivity index (χ2v) is 7.89. The molecule has 0 bridgehead atoms. The lowest BCUT2D eigenvalue weighted by molar-refractivity contribution is -0.140. The molecule has 1 atom stereocenters. The number of nitrogens with zero attached hydrogens (tertiary/aromatic N) is 1. The molecule has 3 N–H and O–H groups in total. The summed E-state index contributed by atoms with van der Waals surface area (Å²) >= 11 is 3.47. The Labute approximate surface area is 180 Å². The molecular formula is C22H16BrN3O4. The summed E-state index contributed by atoms with van der Waals surface area (Å²) in [5, 5.41) is 3.71. The van der Waals surface area contributed by atoms with Crippen molar-refractivity contribution >= 4 is 44.4 Å². The zero-order valence-electron chi connectivity index (χ0n) is 15.9. The van der Waals surface area contributed by atoms with Crippen LogP contribution in [0.25, 0.3) is 10.9 Å². The first-order valence-corrected chi connectivity index (χ1v) is 10.1. The number of rotatable bonds is 2. The average molecular weight is 466 g/mol. The number of benzene rings is 2. The lowest BCUT2D eigenvalue weighted by atomic mass is 9.68. The molecule has 0 unspecified atom stereocenters. The lowest BCUT2D eigenvalue weighted by Crippen LogP contribution is -2.46. The van der Waals surface area contributed by atoms with E-state index in [0.29, 0.717) is 28.1 Å². The number of aromatic nitrogens is 1. The number of carbonyl (C=O) groups excluding carboxylic acids is 2. The Morgan fingerprint density at radius 1 is 1.27 bits per heavy atom. The van der Waals surface area contributed by atoms with Crippen LogP contribution in [0.5, 0.6) is 5.75 Å². The third kappa shape index (κ3) is 2.34. The number of ether oxygens (including phenoxy) is 2. The molecule has 0 fully saturated rings. The van der Waals surface area contributed by atoms with Crippen molar-refractivity contribution in [3.63, 3.8) is 0 Å². The maximum atomic E-state index is 13.6. The number of esters is 1. The molecule has 8 heteroatoms. The van der Waals surface area contributed by atoms with Crippen LogP contribution in [0.4, 0.5) is 5.69 Å². The molecule has 2 aromatic carbocycles. The SMILES string of the molecule is CCOC(=O)C1=C(N)Oc2c(ccc3cccnc23)[C@@]12C(=O)Nc1ccc(Br)cc12. The van der Waals surface area contributed by atoms with E-state index in [1.165, 1.54) is 0 Å². The maximum Gasteiger partial charge on any atom is 0.341 e. The van der Waals surface area contributed by atoms with Crippen LogP contribution >= 0.6 is 15.9 Å². The number of pyridine rings is 1. The van der Waals surface area contributed by atoms with Crippen molar-refractivity contribution < 1.29 is 19.1 Å². The predicted octanol–water partition coefficient (Wildman–Crippen LogP) is 3.36. The number of hydrogen-bond donors (Lipinski definition) is 2. The van der Waals surface area contributed by atoms with Gasteiger partial charge in [0.05, 0.1) is 6.61 Å². The van der Waals surface area contributed by atoms with Gasteiger partial charge in [0.2, 0.25) is 11.8 Å². The van der Waals surface area contributed by atoms with Gasteiger partial charge in [-0.3, -0.25) is 9.78 Å². The highest BCUT2D eigenvalue weighted by atomic mass is 79.9. The molecule has 0 saturated carbocycles. The summed E-state index contributed by atoms with van der Waals surface area (Å²) in [6, 6.07) is 12.7. The Balaban J connectivity index is 1.93. The highest BCUT2D eigenvalue weighted by molar-refractivity contribution is 9.10. The number of hydrogen-bond acceptors (Lipinski definition) is 6. The van der Waals surface area contributed by atoms with Crippen molar-refractivity contribution in [1.29, 1.82) is 0 Å². The molecule has 1 amide bonds. The number of anilines is 1. The normalized spacial score (nSPS) is 19.3. The standard InChI is InChI=1S/C22H16BrN3O4/c1-2-29-20(27)16-19(24)30-18-13(7-5-11-4-3-9-25-17(11)18)22(16)14-10-12(23)6-8-15(14)26-21(22)28/h3-10H,2,24H2,1H3,(H,26,28)/t22-/m0/s1. The summed E-state index contributed by atoms with van der Waals surface area (Å²) in [6.07, 6.45) is 1.64. The number of halogens is 1. The van der Waals surface area contributed by atoms with E-state index in [4.69, 9.17) is 15.2 Å². The smallest absolute Gasteiger partial charge is 0.341 e. The number of amides is 1. The quantitative estimate of drug-likeness (QED) is 0.562. The first-order chi connectivity index (χ1) is 14.5. The molecule has 1 spiro atoms. The van der Waals surface area contributed by atoms with E-state index >= 15 is 0 Å². The summed E-state index contributed by atoms with van der Waals surface area (Å²) < 4.78 is 11.9. The van der Waals surface area contributed by atoms with Crippen LogP contribution in [0.1, 0.15) is 18.1 Å². The van der Waals surface area contributed by atoms with Crippen LogP contribution in [-0.4, -0.2) is 23.5 Å². The molecule has 5 rings (SSSR count). The van der Waals surface area contributed by atoms with E-state index in [2.05, 4.69) is 26.2 Å². The molecule has 30 heavy (non-hydrogen) atoms. The minimum atomic E-state index is -1.52. The van der Waals surface area contributed by atoms with E-state index in [0.717, 1.165) is 9.86 Å². The van der Waals surface area contributed by atoms with E-state index < -0.39 is 17.3 Å². The summed E-state index contributed by atoms with van der Waals surface area (Å²) in [6.45, 7) is 1.82. The fraction of sp³-hybridized carbons (Fsp3) is 0.136. The topological polar surface area (TPSA) is 104 Å². The average Bonchev–Trinajstić information content (AvgIpc) is 3.00. The Bertz CT molecular complexity index is 1290. The zero-order chi connectivity index (χ0) is 21.0. The predicted molar refractivity (Wildman–Crippen MR) is 114 cm³/mol. The molecule has 0 radical (unpaired) electrons. The van der Waals surface area contributed by atoms with Gasteiger partial charge in [-0.2, -0.15) is 0 Å². The molecule has 2 aliphatic heterocycles. The fourth-order valence-electron chi connectivity index (χ4n) is 4.24. The van der Waals surface area contributed by atoms with Crippen molar-refractivity contribution in [3.8, 4) is 5.75 Å². The highest BCUT2D eigenvalue weighted by Gasteiger charge is 2.59. The largest absolute Gasteiger partial charge is 0.462 e. The van der Waals surface area contributed by atoms with E-state index in [9.17, 15) is 9.59 Å². The van der Waals surface area contributed by atoms with Crippen molar-refractivity contribution in [2.24, 2.45) is 5.73 Å². The van der Waals surface area contributed by atoms with Gasteiger partial charge in [0.15, 0.2) is 5.75 Å². The summed E-state index contributed by atoms with van der Waals surface area (Å²) in [5.41, 5.74) is 6.92. The summed E-state index contributed by atoms with van der Waals surface area (Å²) in [7, 11) is 0. The minimum Gasteiger partial charge on any atom is -0.462 e. The number of nitrogens with two attached hydrogens (primary N) is 1. The second kappa shape index (κ2) is 6.56. The first-order valence-electron chi connectivity index (χ1n) is 9.33. The maximum absolute atomic E-state index is 13.6. The number of fused-ring (bicyclic) bond motifs is 6. The third-order valence-corrected chi connectivity index (χ3v) is 5.91. The molecule has 3 heterocycles. The van der Waals surface area contributed by atoms with Gasteiger partial charge in [0.1, 0.15) is 16.5 Å². The van der Waals surface area contributed by atoms with Crippen molar-refractivity contribution in [2.75, 3.05) is 11.9 Å². The van der Waals surface area contributed by atoms with Crippen LogP contribution in [0.3, 0.4) is 0 Å². The van der Waals surface area contributed by atoms with Crippen molar-refractivity contribution in [1.82, 2.24) is 4.98 Å². The highest BCUT2D eigenvalue weighted by Crippen LogP contribution is 2.55. The molecule has 0 aliphatic carbocycles. The van der Waals surface area contributed by atoms with Gasteiger partial charge in [-0.1, -0.05) is 34.1 Å². The van der Waals surface area contributed by atoms with Crippen LogP contribution < -0.4 is 15.8 Å². The Morgan fingerprint density at radius 2 is 2.10 bits per heavy atom. The van der Waals surface area contributed by atoms with E-state index in [1.54, 1.807) is 31.3 Å². The van der Waals surface area contributed by atoms with Crippen LogP contribution in [0.15, 0.2) is 64.6 Å². The number of nitrogens with one attached hydrogen (secondary N) is 1. The molecule has 0 saturated heterocycles. The van der Waals surface area contributed by atoms with E-state index in [1.807, 2.05) is 24.3 Å². The molecule has 7 nitrogen and oxygen atoms in total. The van der Waals surface area contributed by atoms with Crippen LogP contribution in [-0.2, 0) is 19.7 Å². The van der Waals surface area contributed by atoms with Gasteiger partial charge in [-0.25, -0.2) is 4.79 Å². The van der Waals surface area contributed by atoms with E-state index in [-0.39, 0.29) is 18.1 Å². The molecule has 150 valence electrons. The summed E-state index contributed by atoms with van der Waals surface area (Å²) in [5.74, 6) is -0.935. The van der Waals surface area contributed by atoms with Crippen molar-refractivity contribution in [2.45, 2.75) is 12.3 Å². The van der Waals surface area contributed by atoms with Crippen LogP contribution in [0, 0.1) is 0 Å². The second-order valence-electron chi connectivity index (χ2n) is 6.97. The summed E-state index contributed by atoms with van der Waals surface area (Å²) in [4.78, 5) is 31.0. The Hall–Kier alpha value is -3.39. The van der Waals surface area contributed by atoms with Gasteiger partial charge < -0.3 is 20.5 Å². The zero-order valence-corrected chi connectivity index (χ0v) is 17.4. The number of carbonyl (C=O) groups is 2. The lowest BCUT2D eigenvalue weighted by Gasteiger charge is -2.35. The van der Waals surface area contributed by atoms with Crippen molar-refractivity contribution in [3.05, 3.63) is 75.7 Å². The fourth-order valence-corrected chi connectivity index (χ4v) is 4.61. The van der Waals surface area contributed by atoms with Gasteiger partial charge in [-0.05, 0) is 31.2 Å².